The molecule has 3 N–H and O–H groups in total. The molecule has 0 saturated carbocycles. The first-order valence-electron chi connectivity index (χ1n) is 13.3. The quantitative estimate of drug-likeness (QED) is 0.458. The van der Waals surface area contributed by atoms with Crippen LogP contribution < -0.4 is 14.2 Å². The van der Waals surface area contributed by atoms with Crippen molar-refractivity contribution in [3.05, 3.63) is 40.5 Å². The molecule has 7 heteroatoms. The van der Waals surface area contributed by atoms with Crippen LogP contribution in [0.25, 0.3) is 0 Å². The molecule has 5 rings (SSSR count). The van der Waals surface area contributed by atoms with Crippen molar-refractivity contribution in [2.24, 2.45) is 0 Å². The molecule has 2 unspecified atom stereocenters. The molecular weight excluding hydrogens is 472 g/mol. The predicted molar refractivity (Wildman–Crippen MR) is 139 cm³/mol. The van der Waals surface area contributed by atoms with Crippen LogP contribution in [0.5, 0.6) is 28.7 Å². The molecule has 7 nitrogen and oxygen atoms in total. The highest BCUT2D eigenvalue weighted by Crippen LogP contribution is 2.51. The zero-order chi connectivity index (χ0) is 26.8. The average molecular weight is 511 g/mol. The minimum Gasteiger partial charge on any atom is -0.508 e. The standard InChI is InChI=1S/C30H38O7/c1-28(2,34)9-6-10-30(5)12-8-19-26-17(7-11-29(3,4)36-26)13-20(27(19)37-30)23-16-22(33)25-21(32)14-18(31)15-24(25)35-23/h13-15,23,31-32,34H,6-12,16H2,1-5H3. The number of Topliss-reactive ketones (excluding diaryl/α,β-unsaturated/α-hetero) is 1. The smallest absolute Gasteiger partial charge is 0.174 e. The Bertz CT molecular complexity index is 1240. The van der Waals surface area contributed by atoms with Crippen LogP contribution in [-0.4, -0.2) is 37.9 Å². The second-order valence-electron chi connectivity index (χ2n) is 12.4. The first kappa shape index (κ1) is 25.7. The van der Waals surface area contributed by atoms with Crippen molar-refractivity contribution < 1.29 is 34.3 Å². The minimum absolute atomic E-state index is 0.0572. The summed E-state index contributed by atoms with van der Waals surface area (Å²) in [6.45, 7) is 9.94. The minimum atomic E-state index is -0.729. The van der Waals surface area contributed by atoms with E-state index in [-0.39, 0.29) is 40.6 Å². The van der Waals surface area contributed by atoms with Crippen LogP contribution in [0.2, 0.25) is 0 Å². The second kappa shape index (κ2) is 8.83. The summed E-state index contributed by atoms with van der Waals surface area (Å²) in [7, 11) is 0. The van der Waals surface area contributed by atoms with Gasteiger partial charge in [-0.2, -0.15) is 0 Å². The van der Waals surface area contributed by atoms with E-state index in [9.17, 15) is 20.1 Å². The maximum atomic E-state index is 13.1. The predicted octanol–water partition coefficient (Wildman–Crippen LogP) is 5.93. The van der Waals surface area contributed by atoms with E-state index in [1.165, 1.54) is 6.07 Å². The Morgan fingerprint density at radius 2 is 1.78 bits per heavy atom. The molecule has 200 valence electrons. The summed E-state index contributed by atoms with van der Waals surface area (Å²) in [5.41, 5.74) is 1.56. The molecule has 2 aromatic carbocycles. The highest BCUT2D eigenvalue weighted by Gasteiger charge is 2.41. The molecule has 0 fully saturated rings. The first-order valence-corrected chi connectivity index (χ1v) is 13.3. The Morgan fingerprint density at radius 1 is 1.03 bits per heavy atom. The number of benzene rings is 2. The molecule has 3 aliphatic heterocycles. The van der Waals surface area contributed by atoms with Crippen LogP contribution >= 0.6 is 0 Å². The lowest BCUT2D eigenvalue weighted by molar-refractivity contribution is 0.0279. The summed E-state index contributed by atoms with van der Waals surface area (Å²) in [5, 5.41) is 30.4. The third kappa shape index (κ3) is 5.11. The Hall–Kier alpha value is -2.93. The molecule has 2 aromatic rings. The highest BCUT2D eigenvalue weighted by molar-refractivity contribution is 6.02. The number of rotatable bonds is 5. The molecule has 0 bridgehead atoms. The fraction of sp³-hybridized carbons (Fsp3) is 0.567. The van der Waals surface area contributed by atoms with Gasteiger partial charge in [0.1, 0.15) is 51.6 Å². The monoisotopic (exact) mass is 510 g/mol. The number of ketones is 1. The lowest BCUT2D eigenvalue weighted by Crippen LogP contribution is -2.39. The third-order valence-electron chi connectivity index (χ3n) is 7.88. The Balaban J connectivity index is 1.55. The number of hydrogen-bond donors (Lipinski definition) is 3. The lowest BCUT2D eigenvalue weighted by Gasteiger charge is -2.42. The van der Waals surface area contributed by atoms with Gasteiger partial charge in [-0.3, -0.25) is 4.79 Å². The van der Waals surface area contributed by atoms with E-state index < -0.39 is 17.3 Å². The van der Waals surface area contributed by atoms with E-state index in [0.29, 0.717) is 12.2 Å². The van der Waals surface area contributed by atoms with Crippen molar-refractivity contribution in [1.82, 2.24) is 0 Å². The summed E-state index contributed by atoms with van der Waals surface area (Å²) < 4.78 is 19.5. The Kier molecular flexibility index (Phi) is 6.13. The molecule has 0 aliphatic carbocycles. The largest absolute Gasteiger partial charge is 0.508 e. The molecular formula is C30H38O7. The summed E-state index contributed by atoms with van der Waals surface area (Å²) >= 11 is 0. The normalized spacial score (nSPS) is 24.2. The Morgan fingerprint density at radius 3 is 2.51 bits per heavy atom. The van der Waals surface area contributed by atoms with Gasteiger partial charge in [0.15, 0.2) is 5.78 Å². The summed E-state index contributed by atoms with van der Waals surface area (Å²) in [6, 6.07) is 4.58. The van der Waals surface area contributed by atoms with Crippen LogP contribution in [0.1, 0.15) is 106 Å². The molecule has 0 saturated heterocycles. The SMILES string of the molecule is CC(C)(O)CCCC1(C)CCc2c3c(cc(C4CC(=O)c5c(O)cc(O)cc5O4)c2O1)CCC(C)(C)O3. The number of fused-ring (bicyclic) bond motifs is 4. The number of aryl methyl sites for hydroxylation is 1. The number of phenols is 2. The topological polar surface area (TPSA) is 105 Å². The van der Waals surface area contributed by atoms with Crippen molar-refractivity contribution in [2.45, 2.75) is 109 Å². The first-order chi connectivity index (χ1) is 17.2. The van der Waals surface area contributed by atoms with Gasteiger partial charge < -0.3 is 29.5 Å². The fourth-order valence-electron chi connectivity index (χ4n) is 5.81. The maximum absolute atomic E-state index is 13.1. The van der Waals surface area contributed by atoms with Crippen molar-refractivity contribution in [3.8, 4) is 28.7 Å². The lowest BCUT2D eigenvalue weighted by atomic mass is 9.82. The van der Waals surface area contributed by atoms with Gasteiger partial charge >= 0.3 is 0 Å². The van der Waals surface area contributed by atoms with Gasteiger partial charge in [0.2, 0.25) is 0 Å². The van der Waals surface area contributed by atoms with Gasteiger partial charge in [0, 0.05) is 23.3 Å². The zero-order valence-corrected chi connectivity index (χ0v) is 22.4. The molecule has 0 spiro atoms. The van der Waals surface area contributed by atoms with Crippen LogP contribution in [0, 0.1) is 0 Å². The third-order valence-corrected chi connectivity index (χ3v) is 7.88. The van der Waals surface area contributed by atoms with E-state index in [0.717, 1.165) is 67.0 Å². The van der Waals surface area contributed by atoms with E-state index in [1.807, 2.05) is 13.8 Å². The molecule has 0 radical (unpaired) electrons. The summed E-state index contributed by atoms with van der Waals surface area (Å²) in [5.74, 6) is 1.08. The Labute approximate surface area is 218 Å². The van der Waals surface area contributed by atoms with Gasteiger partial charge in [0.25, 0.3) is 0 Å². The van der Waals surface area contributed by atoms with E-state index in [1.54, 1.807) is 0 Å². The van der Waals surface area contributed by atoms with Crippen LogP contribution in [0.15, 0.2) is 18.2 Å². The number of aliphatic hydroxyl groups is 1. The number of hydrogen-bond acceptors (Lipinski definition) is 7. The van der Waals surface area contributed by atoms with Gasteiger partial charge in [-0.25, -0.2) is 0 Å². The van der Waals surface area contributed by atoms with Crippen LogP contribution in [0.3, 0.4) is 0 Å². The number of carbonyl (C=O) groups excluding carboxylic acids is 1. The van der Waals surface area contributed by atoms with Gasteiger partial charge in [0.05, 0.1) is 12.0 Å². The van der Waals surface area contributed by atoms with Crippen LogP contribution in [-0.2, 0) is 12.8 Å². The zero-order valence-electron chi connectivity index (χ0n) is 22.4. The van der Waals surface area contributed by atoms with Gasteiger partial charge in [-0.1, -0.05) is 0 Å². The maximum Gasteiger partial charge on any atom is 0.174 e. The van der Waals surface area contributed by atoms with E-state index >= 15 is 0 Å². The van der Waals surface area contributed by atoms with Crippen molar-refractivity contribution >= 4 is 5.78 Å². The molecule has 37 heavy (non-hydrogen) atoms. The summed E-state index contributed by atoms with van der Waals surface area (Å²) in [6.07, 6.45) is 5.05. The van der Waals surface area contributed by atoms with Crippen LogP contribution in [0.4, 0.5) is 0 Å². The highest BCUT2D eigenvalue weighted by atomic mass is 16.5. The second-order valence-corrected chi connectivity index (χ2v) is 12.4. The van der Waals surface area contributed by atoms with Gasteiger partial charge in [-0.15, -0.1) is 0 Å². The van der Waals surface area contributed by atoms with Crippen molar-refractivity contribution in [1.29, 1.82) is 0 Å². The van der Waals surface area contributed by atoms with E-state index in [4.69, 9.17) is 14.2 Å². The van der Waals surface area contributed by atoms with Gasteiger partial charge in [-0.05, 0) is 91.2 Å². The molecule has 0 aromatic heterocycles. The molecule has 2 atom stereocenters. The van der Waals surface area contributed by atoms with Crippen molar-refractivity contribution in [2.75, 3.05) is 0 Å². The number of phenolic OH excluding ortho intramolecular Hbond substituents is 2. The molecule has 3 heterocycles. The van der Waals surface area contributed by atoms with E-state index in [2.05, 4.69) is 26.8 Å². The van der Waals surface area contributed by atoms with Crippen molar-refractivity contribution in [3.63, 3.8) is 0 Å². The number of aromatic hydroxyl groups is 2. The molecule has 0 amide bonds. The number of ether oxygens (including phenoxy) is 3. The number of carbonyl (C=O) groups is 1. The average Bonchev–Trinajstić information content (AvgIpc) is 2.76. The summed E-state index contributed by atoms with van der Waals surface area (Å²) in [4.78, 5) is 13.1. The fourth-order valence-corrected chi connectivity index (χ4v) is 5.81. The molecule has 3 aliphatic rings.